The van der Waals surface area contributed by atoms with Gasteiger partial charge < -0.3 is 10.6 Å². The van der Waals surface area contributed by atoms with Gasteiger partial charge in [0.2, 0.25) is 5.91 Å². The van der Waals surface area contributed by atoms with Gasteiger partial charge in [0.05, 0.1) is 0 Å². The molecule has 1 atom stereocenters. The molecule has 0 heterocycles. The van der Waals surface area contributed by atoms with Gasteiger partial charge in [0.1, 0.15) is 0 Å². The molecular weight excluding hydrogens is 200 g/mol. The van der Waals surface area contributed by atoms with E-state index in [-0.39, 0.29) is 5.91 Å². The Labute approximate surface area is 100 Å². The van der Waals surface area contributed by atoms with Crippen molar-refractivity contribution in [3.63, 3.8) is 0 Å². The zero-order chi connectivity index (χ0) is 12.6. The summed E-state index contributed by atoms with van der Waals surface area (Å²) in [6, 6.07) is 0.300. The summed E-state index contributed by atoms with van der Waals surface area (Å²) in [5, 5.41) is 0. The van der Waals surface area contributed by atoms with Gasteiger partial charge >= 0.3 is 0 Å². The Morgan fingerprint density at radius 2 is 1.88 bits per heavy atom. The molecule has 2 N–H and O–H groups in total. The van der Waals surface area contributed by atoms with E-state index in [4.69, 9.17) is 5.73 Å². The van der Waals surface area contributed by atoms with Gasteiger partial charge in [0.25, 0.3) is 0 Å². The van der Waals surface area contributed by atoms with E-state index >= 15 is 0 Å². The van der Waals surface area contributed by atoms with Gasteiger partial charge in [-0.25, -0.2) is 0 Å². The zero-order valence-electron chi connectivity index (χ0n) is 11.3. The van der Waals surface area contributed by atoms with Crippen LogP contribution in [-0.2, 0) is 4.79 Å². The van der Waals surface area contributed by atoms with Crippen molar-refractivity contribution in [3.8, 4) is 0 Å². The lowest BCUT2D eigenvalue weighted by Crippen LogP contribution is -2.39. The molecule has 96 valence electrons. The Balaban J connectivity index is 4.13. The summed E-state index contributed by atoms with van der Waals surface area (Å²) in [7, 11) is 0. The number of hydrogen-bond donors (Lipinski definition) is 1. The van der Waals surface area contributed by atoms with Crippen molar-refractivity contribution in [1.29, 1.82) is 0 Å². The maximum atomic E-state index is 12.0. The number of unbranched alkanes of at least 4 members (excludes halogenated alkanes) is 2. The minimum absolute atomic E-state index is 0.254. The highest BCUT2D eigenvalue weighted by atomic mass is 16.2. The number of carbonyl (C=O) groups excluding carboxylic acids is 1. The fourth-order valence-electron chi connectivity index (χ4n) is 1.70. The summed E-state index contributed by atoms with van der Waals surface area (Å²) in [5.74, 6) is 0.545. The van der Waals surface area contributed by atoms with E-state index in [0.29, 0.717) is 24.9 Å². The SMILES string of the molecule is CCCCCN(C(=O)CC(C)CN)C(C)C. The molecule has 0 aromatic heterocycles. The predicted molar refractivity (Wildman–Crippen MR) is 69.2 cm³/mol. The van der Waals surface area contributed by atoms with Crippen molar-refractivity contribution >= 4 is 5.91 Å². The molecule has 1 unspecified atom stereocenters. The third-order valence-electron chi connectivity index (χ3n) is 2.87. The minimum atomic E-state index is 0.254. The molecule has 0 aliphatic heterocycles. The third-order valence-corrected chi connectivity index (χ3v) is 2.87. The van der Waals surface area contributed by atoms with Crippen LogP contribution < -0.4 is 5.73 Å². The average molecular weight is 228 g/mol. The Morgan fingerprint density at radius 1 is 1.25 bits per heavy atom. The van der Waals surface area contributed by atoms with Gasteiger partial charge in [0, 0.05) is 19.0 Å². The highest BCUT2D eigenvalue weighted by Gasteiger charge is 2.18. The van der Waals surface area contributed by atoms with E-state index in [1.54, 1.807) is 0 Å². The maximum Gasteiger partial charge on any atom is 0.223 e. The largest absolute Gasteiger partial charge is 0.340 e. The molecule has 0 saturated carbocycles. The summed E-state index contributed by atoms with van der Waals surface area (Å²) in [5.41, 5.74) is 5.55. The first-order chi connectivity index (χ1) is 7.52. The number of amides is 1. The van der Waals surface area contributed by atoms with Crippen LogP contribution in [0.5, 0.6) is 0 Å². The van der Waals surface area contributed by atoms with E-state index < -0.39 is 0 Å². The first-order valence-corrected chi connectivity index (χ1v) is 6.52. The average Bonchev–Trinajstić information content (AvgIpc) is 2.23. The van der Waals surface area contributed by atoms with Crippen LogP contribution in [-0.4, -0.2) is 29.9 Å². The molecule has 0 fully saturated rings. The molecule has 0 aliphatic rings. The number of nitrogens with two attached hydrogens (primary N) is 1. The second kappa shape index (κ2) is 8.57. The predicted octanol–water partition coefficient (Wildman–Crippen LogP) is 2.40. The van der Waals surface area contributed by atoms with Crippen LogP contribution in [0, 0.1) is 5.92 Å². The molecule has 3 nitrogen and oxygen atoms in total. The summed E-state index contributed by atoms with van der Waals surface area (Å²) in [6.07, 6.45) is 4.08. The lowest BCUT2D eigenvalue weighted by Gasteiger charge is -2.28. The number of rotatable bonds is 8. The Kier molecular flexibility index (Phi) is 8.26. The van der Waals surface area contributed by atoms with Crippen LogP contribution >= 0.6 is 0 Å². The molecule has 0 spiro atoms. The Bertz CT molecular complexity index is 192. The molecule has 0 aliphatic carbocycles. The lowest BCUT2D eigenvalue weighted by molar-refractivity contribution is -0.133. The van der Waals surface area contributed by atoms with Crippen molar-refractivity contribution in [1.82, 2.24) is 4.90 Å². The van der Waals surface area contributed by atoms with Gasteiger partial charge in [-0.2, -0.15) is 0 Å². The smallest absolute Gasteiger partial charge is 0.223 e. The quantitative estimate of drug-likeness (QED) is 0.648. The number of carbonyl (C=O) groups is 1. The molecule has 0 aromatic carbocycles. The van der Waals surface area contributed by atoms with E-state index in [1.165, 1.54) is 12.8 Å². The Morgan fingerprint density at radius 3 is 2.31 bits per heavy atom. The molecule has 0 radical (unpaired) electrons. The summed E-state index contributed by atoms with van der Waals surface area (Å²) in [4.78, 5) is 14.0. The highest BCUT2D eigenvalue weighted by Crippen LogP contribution is 2.09. The van der Waals surface area contributed by atoms with Gasteiger partial charge in [-0.15, -0.1) is 0 Å². The van der Waals surface area contributed by atoms with E-state index in [0.717, 1.165) is 13.0 Å². The number of hydrogen-bond acceptors (Lipinski definition) is 2. The first kappa shape index (κ1) is 15.4. The van der Waals surface area contributed by atoms with Gasteiger partial charge in [0.15, 0.2) is 0 Å². The zero-order valence-corrected chi connectivity index (χ0v) is 11.3. The normalized spacial score (nSPS) is 12.9. The minimum Gasteiger partial charge on any atom is -0.340 e. The molecule has 0 rings (SSSR count). The number of nitrogens with zero attached hydrogens (tertiary/aromatic N) is 1. The monoisotopic (exact) mass is 228 g/mol. The van der Waals surface area contributed by atoms with E-state index in [1.807, 2.05) is 11.8 Å². The van der Waals surface area contributed by atoms with Gasteiger partial charge in [-0.05, 0) is 32.7 Å². The molecule has 0 aromatic rings. The van der Waals surface area contributed by atoms with E-state index in [9.17, 15) is 4.79 Å². The van der Waals surface area contributed by atoms with Gasteiger partial charge in [-0.1, -0.05) is 26.7 Å². The van der Waals surface area contributed by atoms with E-state index in [2.05, 4.69) is 20.8 Å². The topological polar surface area (TPSA) is 46.3 Å². The molecule has 16 heavy (non-hydrogen) atoms. The van der Waals surface area contributed by atoms with Crippen molar-refractivity contribution in [2.75, 3.05) is 13.1 Å². The molecular formula is C13H28N2O. The Hall–Kier alpha value is -0.570. The van der Waals surface area contributed by atoms with Crippen molar-refractivity contribution in [2.24, 2.45) is 11.7 Å². The van der Waals surface area contributed by atoms with Crippen molar-refractivity contribution in [2.45, 2.75) is 59.4 Å². The summed E-state index contributed by atoms with van der Waals surface area (Å²) in [6.45, 7) is 9.85. The highest BCUT2D eigenvalue weighted by molar-refractivity contribution is 5.76. The van der Waals surface area contributed by atoms with Gasteiger partial charge in [-0.3, -0.25) is 4.79 Å². The second-order valence-corrected chi connectivity index (χ2v) is 4.93. The molecule has 0 bridgehead atoms. The molecule has 0 saturated heterocycles. The van der Waals surface area contributed by atoms with Crippen LogP contribution in [0.3, 0.4) is 0 Å². The summed E-state index contributed by atoms with van der Waals surface area (Å²) < 4.78 is 0. The van der Waals surface area contributed by atoms with Crippen LogP contribution in [0.2, 0.25) is 0 Å². The van der Waals surface area contributed by atoms with Crippen LogP contribution in [0.15, 0.2) is 0 Å². The fraction of sp³-hybridized carbons (Fsp3) is 0.923. The first-order valence-electron chi connectivity index (χ1n) is 6.52. The molecule has 1 amide bonds. The second-order valence-electron chi connectivity index (χ2n) is 4.93. The fourth-order valence-corrected chi connectivity index (χ4v) is 1.70. The summed E-state index contributed by atoms with van der Waals surface area (Å²) >= 11 is 0. The maximum absolute atomic E-state index is 12.0. The van der Waals surface area contributed by atoms with Crippen molar-refractivity contribution < 1.29 is 4.79 Å². The lowest BCUT2D eigenvalue weighted by atomic mass is 10.1. The van der Waals surface area contributed by atoms with Crippen LogP contribution in [0.4, 0.5) is 0 Å². The molecule has 3 heteroatoms. The standard InChI is InChI=1S/C13H28N2O/c1-5-6-7-8-15(11(2)3)13(16)9-12(4)10-14/h11-12H,5-10,14H2,1-4H3. The van der Waals surface area contributed by atoms with Crippen molar-refractivity contribution in [3.05, 3.63) is 0 Å². The third kappa shape index (κ3) is 6.11. The van der Waals surface area contributed by atoms with Crippen LogP contribution in [0.1, 0.15) is 53.4 Å². The van der Waals surface area contributed by atoms with Crippen LogP contribution in [0.25, 0.3) is 0 Å².